The van der Waals surface area contributed by atoms with Crippen LogP contribution in [-0.2, 0) is 7.05 Å². The minimum Gasteiger partial charge on any atom is -0.349 e. The fraction of sp³-hybridized carbons (Fsp3) is 0.800. The van der Waals surface area contributed by atoms with Crippen molar-refractivity contribution >= 4 is 5.82 Å². The maximum atomic E-state index is 4.63. The third kappa shape index (κ3) is 2.38. The molecule has 19 heavy (non-hydrogen) atoms. The first-order valence-corrected chi connectivity index (χ1v) is 7.51. The van der Waals surface area contributed by atoms with E-state index < -0.39 is 0 Å². The number of nitrogens with one attached hydrogen (secondary N) is 1. The maximum absolute atomic E-state index is 4.63. The van der Waals surface area contributed by atoms with Gasteiger partial charge in [-0.25, -0.2) is 0 Å². The van der Waals surface area contributed by atoms with Crippen molar-refractivity contribution in [3.63, 3.8) is 0 Å². The number of aryl methyl sites for hydroxylation is 1. The van der Waals surface area contributed by atoms with E-state index in [-0.39, 0.29) is 5.54 Å². The van der Waals surface area contributed by atoms with Crippen LogP contribution in [0.1, 0.15) is 33.6 Å². The molecule has 2 atom stereocenters. The lowest BCUT2D eigenvalue weighted by atomic mass is 9.88. The Balaban J connectivity index is 1.86. The Kier molecular flexibility index (Phi) is 3.08. The molecule has 1 aliphatic carbocycles. The zero-order valence-electron chi connectivity index (χ0n) is 12.6. The van der Waals surface area contributed by atoms with Gasteiger partial charge in [0.1, 0.15) is 0 Å². The maximum Gasteiger partial charge on any atom is 0.150 e. The van der Waals surface area contributed by atoms with Crippen molar-refractivity contribution < 1.29 is 0 Å². The van der Waals surface area contributed by atoms with Gasteiger partial charge in [-0.1, -0.05) is 13.8 Å². The van der Waals surface area contributed by atoms with E-state index in [4.69, 9.17) is 0 Å². The van der Waals surface area contributed by atoms with Crippen molar-refractivity contribution in [3.05, 3.63) is 12.3 Å². The van der Waals surface area contributed by atoms with Crippen molar-refractivity contribution in [1.29, 1.82) is 0 Å². The molecule has 4 heteroatoms. The number of piperazine rings is 1. The van der Waals surface area contributed by atoms with E-state index in [2.05, 4.69) is 42.2 Å². The first-order chi connectivity index (χ1) is 8.99. The Morgan fingerprint density at radius 1 is 1.42 bits per heavy atom. The Labute approximate surface area is 116 Å². The standard InChI is InChI=1S/C15H26N4/c1-11(2)13-9-16-15(3,12-5-6-12)10-19(13)14-7-8-18(4)17-14/h7-8,11-13,16H,5-6,9-10H2,1-4H3. The highest BCUT2D eigenvalue weighted by atomic mass is 15.4. The highest BCUT2D eigenvalue weighted by Crippen LogP contribution is 2.42. The minimum absolute atomic E-state index is 0.267. The van der Waals surface area contributed by atoms with Gasteiger partial charge in [0.25, 0.3) is 0 Å². The number of aromatic nitrogens is 2. The predicted octanol–water partition coefficient (Wildman–Crippen LogP) is 2.02. The summed E-state index contributed by atoms with van der Waals surface area (Å²) in [5.41, 5.74) is 0.267. The summed E-state index contributed by atoms with van der Waals surface area (Å²) in [4.78, 5) is 2.53. The summed E-state index contributed by atoms with van der Waals surface area (Å²) in [6.45, 7) is 9.15. The lowest BCUT2D eigenvalue weighted by Gasteiger charge is -2.48. The van der Waals surface area contributed by atoms with E-state index in [9.17, 15) is 0 Å². The van der Waals surface area contributed by atoms with E-state index in [1.54, 1.807) is 0 Å². The fourth-order valence-corrected chi connectivity index (χ4v) is 3.37. The van der Waals surface area contributed by atoms with Crippen molar-refractivity contribution in [3.8, 4) is 0 Å². The van der Waals surface area contributed by atoms with Gasteiger partial charge in [0.2, 0.25) is 0 Å². The van der Waals surface area contributed by atoms with Gasteiger partial charge >= 0.3 is 0 Å². The molecular formula is C15H26N4. The highest BCUT2D eigenvalue weighted by molar-refractivity contribution is 5.41. The predicted molar refractivity (Wildman–Crippen MR) is 78.3 cm³/mol. The topological polar surface area (TPSA) is 33.1 Å². The third-order valence-electron chi connectivity index (χ3n) is 4.86. The molecule has 1 aliphatic heterocycles. The van der Waals surface area contributed by atoms with Crippen LogP contribution in [-0.4, -0.2) is 34.5 Å². The smallest absolute Gasteiger partial charge is 0.150 e. The molecule has 106 valence electrons. The fourth-order valence-electron chi connectivity index (χ4n) is 3.37. The van der Waals surface area contributed by atoms with Gasteiger partial charge in [0.15, 0.2) is 5.82 Å². The lowest BCUT2D eigenvalue weighted by Crippen LogP contribution is -2.65. The van der Waals surface area contributed by atoms with Gasteiger partial charge in [-0.3, -0.25) is 4.68 Å². The molecule has 4 nitrogen and oxygen atoms in total. The van der Waals surface area contributed by atoms with Gasteiger partial charge in [-0.05, 0) is 31.6 Å². The number of hydrogen-bond acceptors (Lipinski definition) is 3. The summed E-state index contributed by atoms with van der Waals surface area (Å²) in [6.07, 6.45) is 4.81. The van der Waals surface area contributed by atoms with Crippen LogP contribution in [0.5, 0.6) is 0 Å². The van der Waals surface area contributed by atoms with Crippen molar-refractivity contribution in [2.24, 2.45) is 18.9 Å². The van der Waals surface area contributed by atoms with E-state index in [1.807, 2.05) is 17.9 Å². The molecule has 0 amide bonds. The molecule has 0 spiro atoms. The minimum atomic E-state index is 0.267. The molecule has 3 rings (SSSR count). The van der Waals surface area contributed by atoms with E-state index in [0.29, 0.717) is 12.0 Å². The second-order valence-corrected chi connectivity index (χ2v) is 6.86. The Bertz CT molecular complexity index is 449. The van der Waals surface area contributed by atoms with E-state index in [0.717, 1.165) is 24.8 Å². The van der Waals surface area contributed by atoms with Crippen molar-refractivity contribution in [2.75, 3.05) is 18.0 Å². The molecule has 2 unspecified atom stereocenters. The number of anilines is 1. The van der Waals surface area contributed by atoms with Crippen LogP contribution in [0.15, 0.2) is 12.3 Å². The zero-order chi connectivity index (χ0) is 13.6. The van der Waals surface area contributed by atoms with Crippen LogP contribution in [0.2, 0.25) is 0 Å². The van der Waals surface area contributed by atoms with Crippen molar-refractivity contribution in [2.45, 2.75) is 45.2 Å². The monoisotopic (exact) mass is 262 g/mol. The van der Waals surface area contributed by atoms with Gasteiger partial charge in [0, 0.05) is 44.0 Å². The molecular weight excluding hydrogens is 236 g/mol. The van der Waals surface area contributed by atoms with Gasteiger partial charge in [-0.2, -0.15) is 5.10 Å². The summed E-state index contributed by atoms with van der Waals surface area (Å²) < 4.78 is 1.91. The molecule has 1 aromatic rings. The molecule has 0 bridgehead atoms. The molecule has 1 saturated carbocycles. The van der Waals surface area contributed by atoms with Crippen molar-refractivity contribution in [1.82, 2.24) is 15.1 Å². The molecule has 0 radical (unpaired) electrons. The summed E-state index contributed by atoms with van der Waals surface area (Å²) in [5, 5.41) is 8.45. The van der Waals surface area contributed by atoms with Gasteiger partial charge < -0.3 is 10.2 Å². The molecule has 1 saturated heterocycles. The highest BCUT2D eigenvalue weighted by Gasteiger charge is 2.46. The van der Waals surface area contributed by atoms with Crippen LogP contribution in [0.4, 0.5) is 5.82 Å². The Morgan fingerprint density at radius 3 is 2.68 bits per heavy atom. The lowest BCUT2D eigenvalue weighted by molar-refractivity contribution is 0.232. The molecule has 1 N–H and O–H groups in total. The molecule has 2 aliphatic rings. The SMILES string of the molecule is CC(C)C1CNC(C)(C2CC2)CN1c1ccn(C)n1. The summed E-state index contributed by atoms with van der Waals surface area (Å²) in [7, 11) is 2.00. The zero-order valence-corrected chi connectivity index (χ0v) is 12.6. The quantitative estimate of drug-likeness (QED) is 0.905. The van der Waals surface area contributed by atoms with Gasteiger partial charge in [-0.15, -0.1) is 0 Å². The van der Waals surface area contributed by atoms with Crippen LogP contribution in [0.3, 0.4) is 0 Å². The number of hydrogen-bond donors (Lipinski definition) is 1. The average Bonchev–Trinajstić information content (AvgIpc) is 3.13. The summed E-state index contributed by atoms with van der Waals surface area (Å²) in [6, 6.07) is 2.69. The Morgan fingerprint density at radius 2 is 2.16 bits per heavy atom. The van der Waals surface area contributed by atoms with Gasteiger partial charge in [0.05, 0.1) is 0 Å². The molecule has 0 aromatic carbocycles. The van der Waals surface area contributed by atoms with Crippen LogP contribution >= 0.6 is 0 Å². The molecule has 2 fully saturated rings. The average molecular weight is 262 g/mol. The van der Waals surface area contributed by atoms with Crippen LogP contribution in [0, 0.1) is 11.8 Å². The number of rotatable bonds is 3. The molecule has 1 aromatic heterocycles. The van der Waals surface area contributed by atoms with E-state index in [1.165, 1.54) is 12.8 Å². The molecule has 2 heterocycles. The van der Waals surface area contributed by atoms with Crippen LogP contribution < -0.4 is 10.2 Å². The van der Waals surface area contributed by atoms with E-state index >= 15 is 0 Å². The second-order valence-electron chi connectivity index (χ2n) is 6.86. The number of nitrogens with zero attached hydrogens (tertiary/aromatic N) is 3. The normalized spacial score (nSPS) is 32.1. The Hall–Kier alpha value is -1.03. The summed E-state index contributed by atoms with van der Waals surface area (Å²) >= 11 is 0. The largest absolute Gasteiger partial charge is 0.349 e. The summed E-state index contributed by atoms with van der Waals surface area (Å²) in [5.74, 6) is 2.62. The second kappa shape index (κ2) is 4.51. The first kappa shape index (κ1) is 13.0. The first-order valence-electron chi connectivity index (χ1n) is 7.51. The third-order valence-corrected chi connectivity index (χ3v) is 4.86. The van der Waals surface area contributed by atoms with Crippen LogP contribution in [0.25, 0.3) is 0 Å².